The molecule has 2 N–H and O–H groups in total. The SMILES string of the molecule is O=C(N[C@@H]1CCc2ccccc21)c1cn[nH]c1-c1cccs1. The van der Waals surface area contributed by atoms with Gasteiger partial charge in [0.05, 0.1) is 28.4 Å². The van der Waals surface area contributed by atoms with Crippen molar-refractivity contribution in [1.29, 1.82) is 0 Å². The molecule has 1 aliphatic carbocycles. The zero-order chi connectivity index (χ0) is 14.9. The summed E-state index contributed by atoms with van der Waals surface area (Å²) in [6.45, 7) is 0. The minimum atomic E-state index is -0.0705. The first kappa shape index (κ1) is 13.3. The molecule has 0 spiro atoms. The van der Waals surface area contributed by atoms with Crippen LogP contribution in [0.1, 0.15) is 33.9 Å². The van der Waals surface area contributed by atoms with Gasteiger partial charge in [-0.15, -0.1) is 11.3 Å². The second kappa shape index (κ2) is 5.42. The Morgan fingerprint density at radius 1 is 1.27 bits per heavy atom. The molecule has 1 atom stereocenters. The maximum atomic E-state index is 12.6. The maximum Gasteiger partial charge on any atom is 0.255 e. The highest BCUT2D eigenvalue weighted by molar-refractivity contribution is 7.13. The number of aromatic amines is 1. The lowest BCUT2D eigenvalue weighted by Crippen LogP contribution is -2.27. The summed E-state index contributed by atoms with van der Waals surface area (Å²) < 4.78 is 0. The van der Waals surface area contributed by atoms with E-state index in [-0.39, 0.29) is 11.9 Å². The van der Waals surface area contributed by atoms with Crippen LogP contribution < -0.4 is 5.32 Å². The average Bonchev–Trinajstić information content (AvgIpc) is 3.27. The van der Waals surface area contributed by atoms with Gasteiger partial charge in [-0.05, 0) is 35.4 Å². The number of benzene rings is 1. The van der Waals surface area contributed by atoms with Gasteiger partial charge in [0.25, 0.3) is 5.91 Å². The third-order valence-corrected chi connectivity index (χ3v) is 4.98. The molecule has 5 heteroatoms. The van der Waals surface area contributed by atoms with Crippen molar-refractivity contribution in [2.24, 2.45) is 0 Å². The predicted molar refractivity (Wildman–Crippen MR) is 86.9 cm³/mol. The van der Waals surface area contributed by atoms with Crippen molar-refractivity contribution < 1.29 is 4.79 Å². The second-order valence-electron chi connectivity index (χ2n) is 5.40. The van der Waals surface area contributed by atoms with Gasteiger partial charge in [-0.1, -0.05) is 30.3 Å². The Morgan fingerprint density at radius 3 is 3.05 bits per heavy atom. The number of aryl methyl sites for hydroxylation is 1. The highest BCUT2D eigenvalue weighted by Crippen LogP contribution is 2.32. The van der Waals surface area contributed by atoms with E-state index < -0.39 is 0 Å². The fraction of sp³-hybridized carbons (Fsp3) is 0.176. The summed E-state index contributed by atoms with van der Waals surface area (Å²) in [7, 11) is 0. The van der Waals surface area contributed by atoms with Crippen LogP contribution in [0.5, 0.6) is 0 Å². The van der Waals surface area contributed by atoms with Crippen molar-refractivity contribution in [3.05, 3.63) is 64.7 Å². The van der Waals surface area contributed by atoms with Crippen LogP contribution in [0.3, 0.4) is 0 Å². The zero-order valence-electron chi connectivity index (χ0n) is 11.9. The number of nitrogens with one attached hydrogen (secondary N) is 2. The molecule has 22 heavy (non-hydrogen) atoms. The average molecular weight is 309 g/mol. The molecule has 3 aromatic rings. The minimum absolute atomic E-state index is 0.0705. The van der Waals surface area contributed by atoms with Gasteiger partial charge in [-0.3, -0.25) is 9.89 Å². The molecule has 0 unspecified atom stereocenters. The van der Waals surface area contributed by atoms with Crippen molar-refractivity contribution in [2.45, 2.75) is 18.9 Å². The monoisotopic (exact) mass is 309 g/mol. The molecule has 2 heterocycles. The van der Waals surface area contributed by atoms with Crippen molar-refractivity contribution in [3.63, 3.8) is 0 Å². The number of rotatable bonds is 3. The summed E-state index contributed by atoms with van der Waals surface area (Å²) in [6, 6.07) is 12.4. The van der Waals surface area contributed by atoms with Gasteiger partial charge in [-0.25, -0.2) is 0 Å². The van der Waals surface area contributed by atoms with Gasteiger partial charge in [0.2, 0.25) is 0 Å². The molecule has 110 valence electrons. The number of hydrogen-bond donors (Lipinski definition) is 2. The number of amides is 1. The molecule has 0 radical (unpaired) electrons. The Balaban J connectivity index is 1.58. The van der Waals surface area contributed by atoms with Crippen molar-refractivity contribution >= 4 is 17.2 Å². The Kier molecular flexibility index (Phi) is 3.27. The first-order valence-corrected chi connectivity index (χ1v) is 8.17. The normalized spacial score (nSPS) is 16.5. The zero-order valence-corrected chi connectivity index (χ0v) is 12.7. The second-order valence-corrected chi connectivity index (χ2v) is 6.35. The number of H-pyrrole nitrogens is 1. The predicted octanol–water partition coefficient (Wildman–Crippen LogP) is 3.56. The van der Waals surface area contributed by atoms with Crippen LogP contribution in [-0.4, -0.2) is 16.1 Å². The maximum absolute atomic E-state index is 12.6. The van der Waals surface area contributed by atoms with E-state index in [9.17, 15) is 4.79 Å². The topological polar surface area (TPSA) is 57.8 Å². The molecule has 4 rings (SSSR count). The smallest absolute Gasteiger partial charge is 0.255 e. The molecule has 0 bridgehead atoms. The highest BCUT2D eigenvalue weighted by Gasteiger charge is 2.25. The molecule has 1 aliphatic rings. The molecule has 0 saturated heterocycles. The number of carbonyl (C=O) groups excluding carboxylic acids is 1. The quantitative estimate of drug-likeness (QED) is 0.777. The molecule has 1 amide bonds. The first-order chi connectivity index (χ1) is 10.8. The van der Waals surface area contributed by atoms with Crippen LogP contribution in [0.15, 0.2) is 48.0 Å². The van der Waals surface area contributed by atoms with Gasteiger partial charge < -0.3 is 5.32 Å². The molecular formula is C17H15N3OS. The van der Waals surface area contributed by atoms with Crippen molar-refractivity contribution in [3.8, 4) is 10.6 Å². The summed E-state index contributed by atoms with van der Waals surface area (Å²) in [5, 5.41) is 12.1. The molecule has 1 aromatic carbocycles. The molecule has 0 aliphatic heterocycles. The fourth-order valence-corrected chi connectivity index (χ4v) is 3.74. The van der Waals surface area contributed by atoms with Gasteiger partial charge in [0, 0.05) is 0 Å². The lowest BCUT2D eigenvalue weighted by atomic mass is 10.1. The van der Waals surface area contributed by atoms with Crippen LogP contribution in [0.2, 0.25) is 0 Å². The van der Waals surface area contributed by atoms with E-state index in [2.05, 4.69) is 27.6 Å². The highest BCUT2D eigenvalue weighted by atomic mass is 32.1. The first-order valence-electron chi connectivity index (χ1n) is 7.29. The van der Waals surface area contributed by atoms with Crippen LogP contribution in [-0.2, 0) is 6.42 Å². The summed E-state index contributed by atoms with van der Waals surface area (Å²) in [6.07, 6.45) is 3.58. The molecule has 4 nitrogen and oxygen atoms in total. The van der Waals surface area contributed by atoms with Crippen LogP contribution in [0.4, 0.5) is 0 Å². The lowest BCUT2D eigenvalue weighted by Gasteiger charge is -2.14. The standard InChI is InChI=1S/C17H15N3OS/c21-17(13-10-18-20-16(13)15-6-3-9-22-15)19-14-8-7-11-4-1-2-5-12(11)14/h1-6,9-10,14H,7-8H2,(H,18,20)(H,19,21)/t14-/m1/s1. The van der Waals surface area contributed by atoms with Crippen molar-refractivity contribution in [1.82, 2.24) is 15.5 Å². The van der Waals surface area contributed by atoms with E-state index in [1.54, 1.807) is 17.5 Å². The van der Waals surface area contributed by atoms with Gasteiger partial charge in [-0.2, -0.15) is 5.10 Å². The van der Waals surface area contributed by atoms with E-state index in [0.717, 1.165) is 23.4 Å². The van der Waals surface area contributed by atoms with Gasteiger partial charge >= 0.3 is 0 Å². The van der Waals surface area contributed by atoms with Crippen LogP contribution in [0.25, 0.3) is 10.6 Å². The summed E-state index contributed by atoms with van der Waals surface area (Å²) in [4.78, 5) is 13.6. The van der Waals surface area contributed by atoms with E-state index in [4.69, 9.17) is 0 Å². The van der Waals surface area contributed by atoms with Gasteiger partial charge in [0.1, 0.15) is 0 Å². The number of carbonyl (C=O) groups is 1. The van der Waals surface area contributed by atoms with E-state index in [1.807, 2.05) is 29.6 Å². The van der Waals surface area contributed by atoms with Crippen LogP contribution in [0, 0.1) is 0 Å². The minimum Gasteiger partial charge on any atom is -0.345 e. The third-order valence-electron chi connectivity index (χ3n) is 4.09. The molecular weight excluding hydrogens is 294 g/mol. The van der Waals surface area contributed by atoms with E-state index in [1.165, 1.54) is 11.1 Å². The number of thiophene rings is 1. The molecule has 0 saturated carbocycles. The number of fused-ring (bicyclic) bond motifs is 1. The Labute approximate surface area is 132 Å². The number of nitrogens with zero attached hydrogens (tertiary/aromatic N) is 1. The lowest BCUT2D eigenvalue weighted by molar-refractivity contribution is 0.0937. The largest absolute Gasteiger partial charge is 0.345 e. The fourth-order valence-electron chi connectivity index (χ4n) is 3.01. The molecule has 0 fully saturated rings. The molecule has 2 aromatic heterocycles. The number of aromatic nitrogens is 2. The van der Waals surface area contributed by atoms with Crippen LogP contribution >= 0.6 is 11.3 Å². The van der Waals surface area contributed by atoms with E-state index in [0.29, 0.717) is 5.56 Å². The Bertz CT molecular complexity index is 807. The summed E-state index contributed by atoms with van der Waals surface area (Å²) in [5.74, 6) is -0.0705. The van der Waals surface area contributed by atoms with E-state index >= 15 is 0 Å². The summed E-state index contributed by atoms with van der Waals surface area (Å²) >= 11 is 1.59. The summed E-state index contributed by atoms with van der Waals surface area (Å²) in [5.41, 5.74) is 3.96. The van der Waals surface area contributed by atoms with Gasteiger partial charge in [0.15, 0.2) is 0 Å². The third kappa shape index (κ3) is 2.23. The van der Waals surface area contributed by atoms with Crippen molar-refractivity contribution in [2.75, 3.05) is 0 Å². The number of hydrogen-bond acceptors (Lipinski definition) is 3. The Hall–Kier alpha value is -2.40. The Morgan fingerprint density at radius 2 is 2.18 bits per heavy atom.